The first-order valence-electron chi connectivity index (χ1n) is 5.96. The molecule has 1 aromatic carbocycles. The molecule has 96 valence electrons. The van der Waals surface area contributed by atoms with E-state index in [0.29, 0.717) is 17.9 Å². The van der Waals surface area contributed by atoms with Gasteiger partial charge in [0.25, 0.3) is 0 Å². The van der Waals surface area contributed by atoms with Crippen molar-refractivity contribution in [2.75, 3.05) is 6.61 Å². The molecule has 0 N–H and O–H groups in total. The van der Waals surface area contributed by atoms with Crippen molar-refractivity contribution in [2.45, 2.75) is 12.8 Å². The maximum Gasteiger partial charge on any atom is 0.219 e. The summed E-state index contributed by atoms with van der Waals surface area (Å²) >= 11 is 0. The van der Waals surface area contributed by atoms with E-state index in [4.69, 9.17) is 9.15 Å². The molecule has 4 heteroatoms. The molecule has 2 aromatic rings. The van der Waals surface area contributed by atoms with Crippen molar-refractivity contribution < 1.29 is 13.9 Å². The number of ether oxygens (including phenoxy) is 1. The standard InChI is InChI=1S/C15H13NO3/c1-2-18-12-7-5-11(6-8-12)13(10-16)15(17)14-4-3-9-19-14/h3-9,13H,2H2,1H3. The van der Waals surface area contributed by atoms with E-state index in [1.807, 2.05) is 13.0 Å². The Kier molecular flexibility index (Phi) is 3.99. The maximum absolute atomic E-state index is 12.1. The second kappa shape index (κ2) is 5.87. The summed E-state index contributed by atoms with van der Waals surface area (Å²) < 4.78 is 10.4. The molecule has 0 aliphatic heterocycles. The number of nitriles is 1. The third-order valence-corrected chi connectivity index (χ3v) is 2.68. The molecule has 0 radical (unpaired) electrons. The Hall–Kier alpha value is -2.54. The van der Waals surface area contributed by atoms with E-state index in [0.717, 1.165) is 0 Å². The minimum absolute atomic E-state index is 0.195. The zero-order chi connectivity index (χ0) is 13.7. The number of nitrogens with zero attached hydrogens (tertiary/aromatic N) is 1. The van der Waals surface area contributed by atoms with Crippen LogP contribution in [0, 0.1) is 11.3 Å². The van der Waals surface area contributed by atoms with Gasteiger partial charge in [0.15, 0.2) is 5.76 Å². The minimum Gasteiger partial charge on any atom is -0.494 e. The summed E-state index contributed by atoms with van der Waals surface area (Å²) in [6.45, 7) is 2.47. The SMILES string of the molecule is CCOc1ccc(C(C#N)C(=O)c2ccco2)cc1. The fourth-order valence-electron chi connectivity index (χ4n) is 1.77. The van der Waals surface area contributed by atoms with Gasteiger partial charge in [-0.3, -0.25) is 4.79 Å². The molecule has 19 heavy (non-hydrogen) atoms. The lowest BCUT2D eigenvalue weighted by Crippen LogP contribution is -2.10. The summed E-state index contributed by atoms with van der Waals surface area (Å²) in [5, 5.41) is 9.18. The fourth-order valence-corrected chi connectivity index (χ4v) is 1.77. The Morgan fingerprint density at radius 3 is 2.63 bits per heavy atom. The van der Waals surface area contributed by atoms with Crippen molar-refractivity contribution >= 4 is 5.78 Å². The van der Waals surface area contributed by atoms with Gasteiger partial charge < -0.3 is 9.15 Å². The monoisotopic (exact) mass is 255 g/mol. The van der Waals surface area contributed by atoms with E-state index < -0.39 is 5.92 Å². The second-order valence-electron chi connectivity index (χ2n) is 3.91. The average Bonchev–Trinajstić information content (AvgIpc) is 2.96. The molecule has 1 atom stereocenters. The van der Waals surface area contributed by atoms with Crippen LogP contribution < -0.4 is 4.74 Å². The molecule has 1 aromatic heterocycles. The lowest BCUT2D eigenvalue weighted by atomic mass is 9.95. The third kappa shape index (κ3) is 2.83. The van der Waals surface area contributed by atoms with Crippen molar-refractivity contribution in [1.29, 1.82) is 5.26 Å². The fraction of sp³-hybridized carbons (Fsp3) is 0.200. The van der Waals surface area contributed by atoms with Gasteiger partial charge in [0.1, 0.15) is 11.7 Å². The summed E-state index contributed by atoms with van der Waals surface area (Å²) in [6.07, 6.45) is 1.42. The minimum atomic E-state index is -0.859. The Labute approximate surface area is 111 Å². The van der Waals surface area contributed by atoms with Crippen LogP contribution in [0.15, 0.2) is 47.1 Å². The van der Waals surface area contributed by atoms with Crippen LogP contribution in [-0.2, 0) is 0 Å². The van der Waals surface area contributed by atoms with Gasteiger partial charge in [-0.15, -0.1) is 0 Å². The van der Waals surface area contributed by atoms with Gasteiger partial charge in [-0.05, 0) is 36.8 Å². The van der Waals surface area contributed by atoms with Crippen molar-refractivity contribution in [1.82, 2.24) is 0 Å². The highest BCUT2D eigenvalue weighted by atomic mass is 16.5. The van der Waals surface area contributed by atoms with Crippen LogP contribution in [-0.4, -0.2) is 12.4 Å². The van der Waals surface area contributed by atoms with Crippen LogP contribution in [0.5, 0.6) is 5.75 Å². The van der Waals surface area contributed by atoms with Crippen LogP contribution in [0.2, 0.25) is 0 Å². The number of hydrogen-bond acceptors (Lipinski definition) is 4. The lowest BCUT2D eigenvalue weighted by molar-refractivity contribution is 0.0952. The van der Waals surface area contributed by atoms with Gasteiger partial charge in [0.05, 0.1) is 18.9 Å². The van der Waals surface area contributed by atoms with E-state index in [1.54, 1.807) is 36.4 Å². The molecule has 0 saturated carbocycles. The topological polar surface area (TPSA) is 63.2 Å². The molecule has 1 heterocycles. The summed E-state index contributed by atoms with van der Waals surface area (Å²) in [7, 11) is 0. The Morgan fingerprint density at radius 2 is 2.11 bits per heavy atom. The Morgan fingerprint density at radius 1 is 1.37 bits per heavy atom. The summed E-state index contributed by atoms with van der Waals surface area (Å²) in [4.78, 5) is 12.1. The molecule has 0 saturated heterocycles. The molecule has 2 rings (SSSR count). The summed E-state index contributed by atoms with van der Waals surface area (Å²) in [6, 6.07) is 12.1. The first-order chi connectivity index (χ1) is 9.26. The molecule has 0 bridgehead atoms. The molecule has 4 nitrogen and oxygen atoms in total. The van der Waals surface area contributed by atoms with Crippen molar-refractivity contribution in [3.05, 3.63) is 54.0 Å². The average molecular weight is 255 g/mol. The number of Topliss-reactive ketones (excluding diaryl/α,β-unsaturated/α-hetero) is 1. The molecule has 1 unspecified atom stereocenters. The zero-order valence-corrected chi connectivity index (χ0v) is 10.5. The number of carbonyl (C=O) groups excluding carboxylic acids is 1. The number of carbonyl (C=O) groups is 1. The highest BCUT2D eigenvalue weighted by molar-refractivity contribution is 6.00. The van der Waals surface area contributed by atoms with E-state index >= 15 is 0 Å². The van der Waals surface area contributed by atoms with Crippen LogP contribution in [0.1, 0.15) is 29.0 Å². The van der Waals surface area contributed by atoms with Gasteiger partial charge in [0.2, 0.25) is 5.78 Å². The van der Waals surface area contributed by atoms with Gasteiger partial charge in [-0.1, -0.05) is 12.1 Å². The molecule has 0 spiro atoms. The molecule has 0 fully saturated rings. The smallest absolute Gasteiger partial charge is 0.219 e. The molecular weight excluding hydrogens is 242 g/mol. The highest BCUT2D eigenvalue weighted by Crippen LogP contribution is 2.23. The van der Waals surface area contributed by atoms with Crippen LogP contribution in [0.25, 0.3) is 0 Å². The summed E-state index contributed by atoms with van der Waals surface area (Å²) in [5.74, 6) is -0.285. The molecule has 0 aliphatic rings. The maximum atomic E-state index is 12.1. The van der Waals surface area contributed by atoms with Gasteiger partial charge >= 0.3 is 0 Å². The van der Waals surface area contributed by atoms with Crippen LogP contribution in [0.3, 0.4) is 0 Å². The quantitative estimate of drug-likeness (QED) is 0.770. The van der Waals surface area contributed by atoms with Crippen molar-refractivity contribution in [2.24, 2.45) is 0 Å². The van der Waals surface area contributed by atoms with Crippen molar-refractivity contribution in [3.63, 3.8) is 0 Å². The first-order valence-corrected chi connectivity index (χ1v) is 5.96. The zero-order valence-electron chi connectivity index (χ0n) is 10.5. The third-order valence-electron chi connectivity index (χ3n) is 2.68. The van der Waals surface area contributed by atoms with E-state index in [-0.39, 0.29) is 11.5 Å². The molecule has 0 amide bonds. The second-order valence-corrected chi connectivity index (χ2v) is 3.91. The predicted octanol–water partition coefficient (Wildman–Crippen LogP) is 3.17. The lowest BCUT2D eigenvalue weighted by Gasteiger charge is -2.08. The van der Waals surface area contributed by atoms with Crippen molar-refractivity contribution in [3.8, 4) is 11.8 Å². The number of hydrogen-bond donors (Lipinski definition) is 0. The molecular formula is C15H13NO3. The first kappa shape index (κ1) is 12.9. The highest BCUT2D eigenvalue weighted by Gasteiger charge is 2.23. The Bertz CT molecular complexity index is 579. The summed E-state index contributed by atoms with van der Waals surface area (Å²) in [5.41, 5.74) is 0.632. The van der Waals surface area contributed by atoms with Crippen LogP contribution >= 0.6 is 0 Å². The van der Waals surface area contributed by atoms with Gasteiger partial charge in [0, 0.05) is 0 Å². The number of benzene rings is 1. The van der Waals surface area contributed by atoms with Gasteiger partial charge in [-0.25, -0.2) is 0 Å². The van der Waals surface area contributed by atoms with Crippen LogP contribution in [0.4, 0.5) is 0 Å². The normalized spacial score (nSPS) is 11.6. The van der Waals surface area contributed by atoms with E-state index in [1.165, 1.54) is 6.26 Å². The van der Waals surface area contributed by atoms with Gasteiger partial charge in [-0.2, -0.15) is 5.26 Å². The number of ketones is 1. The molecule has 0 aliphatic carbocycles. The van der Waals surface area contributed by atoms with E-state index in [9.17, 15) is 10.1 Å². The predicted molar refractivity (Wildman–Crippen MR) is 69.0 cm³/mol. The number of rotatable bonds is 5. The van der Waals surface area contributed by atoms with E-state index in [2.05, 4.69) is 0 Å². The Balaban J connectivity index is 2.23. The number of furan rings is 1. The largest absolute Gasteiger partial charge is 0.494 e.